The number of aromatic nitrogens is 2. The van der Waals surface area contributed by atoms with Crippen LogP contribution >= 0.6 is 0 Å². The van der Waals surface area contributed by atoms with E-state index >= 15 is 0 Å². The van der Waals surface area contributed by atoms with Gasteiger partial charge in [0, 0.05) is 0 Å². The van der Waals surface area contributed by atoms with E-state index in [2.05, 4.69) is 14.7 Å². The second-order valence-electron chi connectivity index (χ2n) is 3.86. The maximum Gasteiger partial charge on any atom is 0.416 e. The minimum Gasteiger partial charge on any atom is -0.464 e. The van der Waals surface area contributed by atoms with Crippen LogP contribution in [0.4, 0.5) is 13.2 Å². The maximum absolute atomic E-state index is 12.6. The van der Waals surface area contributed by atoms with Crippen molar-refractivity contribution in [3.05, 3.63) is 47.9 Å². The predicted molar refractivity (Wildman–Crippen MR) is 64.9 cm³/mol. The topological polar surface area (TPSA) is 61.3 Å². The molecule has 8 heteroatoms. The molecule has 1 heterocycles. The number of methoxy groups -OCH3 is 1. The van der Waals surface area contributed by atoms with Gasteiger partial charge in [-0.2, -0.15) is 13.2 Å². The highest BCUT2D eigenvalue weighted by Gasteiger charge is 2.30. The van der Waals surface area contributed by atoms with Gasteiger partial charge in [0.25, 0.3) is 0 Å². The Morgan fingerprint density at radius 1 is 1.24 bits per heavy atom. The number of esters is 1. The molecule has 21 heavy (non-hydrogen) atoms. The Morgan fingerprint density at radius 3 is 2.67 bits per heavy atom. The second kappa shape index (κ2) is 5.78. The van der Waals surface area contributed by atoms with Crippen LogP contribution in [-0.2, 0) is 10.9 Å². The van der Waals surface area contributed by atoms with Crippen molar-refractivity contribution in [2.45, 2.75) is 6.18 Å². The number of carbonyl (C=O) groups excluding carboxylic acids is 1. The van der Waals surface area contributed by atoms with Gasteiger partial charge in [-0.05, 0) is 18.2 Å². The molecule has 0 aliphatic rings. The van der Waals surface area contributed by atoms with E-state index in [0.717, 1.165) is 18.3 Å². The number of rotatable bonds is 3. The average molecular weight is 298 g/mol. The van der Waals surface area contributed by atoms with Gasteiger partial charge in [0.1, 0.15) is 5.75 Å². The first kappa shape index (κ1) is 14.8. The first-order valence-electron chi connectivity index (χ1n) is 5.65. The number of alkyl halides is 3. The van der Waals surface area contributed by atoms with Crippen molar-refractivity contribution in [3.63, 3.8) is 0 Å². The lowest BCUT2D eigenvalue weighted by atomic mass is 10.2. The van der Waals surface area contributed by atoms with E-state index in [1.807, 2.05) is 0 Å². The molecule has 0 spiro atoms. The Bertz CT molecular complexity index is 659. The van der Waals surface area contributed by atoms with Crippen molar-refractivity contribution in [1.82, 2.24) is 9.97 Å². The van der Waals surface area contributed by atoms with Crippen LogP contribution in [0.3, 0.4) is 0 Å². The fourth-order valence-electron chi connectivity index (χ4n) is 1.46. The minimum atomic E-state index is -4.47. The fraction of sp³-hybridized carbons (Fsp3) is 0.154. The molecule has 0 saturated carbocycles. The molecule has 0 bridgehead atoms. The maximum atomic E-state index is 12.6. The Kier molecular flexibility index (Phi) is 4.06. The first-order chi connectivity index (χ1) is 9.90. The molecule has 0 aliphatic carbocycles. The number of hydrogen-bond acceptors (Lipinski definition) is 5. The molecule has 2 rings (SSSR count). The van der Waals surface area contributed by atoms with E-state index in [0.29, 0.717) is 0 Å². The second-order valence-corrected chi connectivity index (χ2v) is 3.86. The van der Waals surface area contributed by atoms with Gasteiger partial charge >= 0.3 is 12.1 Å². The molecule has 0 saturated heterocycles. The lowest BCUT2D eigenvalue weighted by Gasteiger charge is -2.09. The third kappa shape index (κ3) is 3.68. The monoisotopic (exact) mass is 298 g/mol. The van der Waals surface area contributed by atoms with Crippen molar-refractivity contribution in [2.24, 2.45) is 0 Å². The quantitative estimate of drug-likeness (QED) is 0.815. The van der Waals surface area contributed by atoms with E-state index < -0.39 is 17.7 Å². The van der Waals surface area contributed by atoms with Gasteiger partial charge in [-0.15, -0.1) is 0 Å². The van der Waals surface area contributed by atoms with Crippen LogP contribution in [-0.4, -0.2) is 23.0 Å². The number of carbonyl (C=O) groups is 1. The van der Waals surface area contributed by atoms with Crippen molar-refractivity contribution in [2.75, 3.05) is 7.11 Å². The summed E-state index contributed by atoms with van der Waals surface area (Å²) in [4.78, 5) is 18.8. The van der Waals surface area contributed by atoms with E-state index in [1.165, 1.54) is 25.4 Å². The Hall–Kier alpha value is -2.64. The van der Waals surface area contributed by atoms with Gasteiger partial charge in [-0.25, -0.2) is 9.78 Å². The summed E-state index contributed by atoms with van der Waals surface area (Å²) in [5.41, 5.74) is -0.959. The predicted octanol–water partition coefficient (Wildman–Crippen LogP) is 3.07. The van der Waals surface area contributed by atoms with Crippen LogP contribution < -0.4 is 4.74 Å². The zero-order valence-electron chi connectivity index (χ0n) is 10.7. The molecule has 1 aromatic heterocycles. The Labute approximate surface area is 117 Å². The number of ether oxygens (including phenoxy) is 2. The Morgan fingerprint density at radius 2 is 2.00 bits per heavy atom. The number of halogens is 3. The molecule has 0 fully saturated rings. The summed E-state index contributed by atoms with van der Waals surface area (Å²) in [7, 11) is 1.17. The lowest BCUT2D eigenvalue weighted by molar-refractivity contribution is -0.137. The zero-order valence-corrected chi connectivity index (χ0v) is 10.7. The SMILES string of the molecule is COC(=O)c1cncc(Oc2cccc(C(F)(F)F)c2)n1. The van der Waals surface area contributed by atoms with Crippen molar-refractivity contribution in [1.29, 1.82) is 0 Å². The lowest BCUT2D eigenvalue weighted by Crippen LogP contribution is -2.06. The summed E-state index contributed by atoms with van der Waals surface area (Å²) >= 11 is 0. The van der Waals surface area contributed by atoms with Crippen LogP contribution in [0.2, 0.25) is 0 Å². The summed E-state index contributed by atoms with van der Waals surface area (Å²) in [6, 6.07) is 4.29. The third-order valence-corrected chi connectivity index (χ3v) is 2.39. The van der Waals surface area contributed by atoms with E-state index in [4.69, 9.17) is 4.74 Å². The molecule has 0 radical (unpaired) electrons. The number of benzene rings is 1. The molecule has 0 N–H and O–H groups in total. The first-order valence-corrected chi connectivity index (χ1v) is 5.65. The van der Waals surface area contributed by atoms with Crippen molar-refractivity contribution >= 4 is 5.97 Å². The summed E-state index contributed by atoms with van der Waals surface area (Å²) in [5.74, 6) is -0.907. The third-order valence-electron chi connectivity index (χ3n) is 2.39. The molecule has 2 aromatic rings. The van der Waals surface area contributed by atoms with Crippen molar-refractivity contribution in [3.8, 4) is 11.6 Å². The summed E-state index contributed by atoms with van der Waals surface area (Å²) in [6.07, 6.45) is -2.14. The van der Waals surface area contributed by atoms with Gasteiger partial charge in [-0.1, -0.05) is 6.07 Å². The van der Waals surface area contributed by atoms with Crippen molar-refractivity contribution < 1.29 is 27.4 Å². The molecular weight excluding hydrogens is 289 g/mol. The minimum absolute atomic E-state index is 0.0684. The molecule has 5 nitrogen and oxygen atoms in total. The number of nitrogens with zero attached hydrogens (tertiary/aromatic N) is 2. The average Bonchev–Trinajstić information content (AvgIpc) is 2.46. The standard InChI is InChI=1S/C13H9F3N2O3/c1-20-12(19)10-6-17-7-11(18-10)21-9-4-2-3-8(5-9)13(14,15)16/h2-7H,1H3. The summed E-state index contributed by atoms with van der Waals surface area (Å²) in [5, 5.41) is 0. The normalized spacial score (nSPS) is 11.0. The van der Waals surface area contributed by atoms with Gasteiger partial charge in [0.05, 0.1) is 25.1 Å². The van der Waals surface area contributed by atoms with Crippen LogP contribution in [0.1, 0.15) is 16.1 Å². The van der Waals surface area contributed by atoms with E-state index in [1.54, 1.807) is 0 Å². The molecule has 0 unspecified atom stereocenters. The molecule has 0 aliphatic heterocycles. The number of hydrogen-bond donors (Lipinski definition) is 0. The van der Waals surface area contributed by atoms with Gasteiger partial charge < -0.3 is 9.47 Å². The van der Waals surface area contributed by atoms with Crippen LogP contribution in [0.15, 0.2) is 36.7 Å². The van der Waals surface area contributed by atoms with Crippen LogP contribution in [0, 0.1) is 0 Å². The molecule has 0 amide bonds. The highest BCUT2D eigenvalue weighted by atomic mass is 19.4. The van der Waals surface area contributed by atoms with Crippen LogP contribution in [0.25, 0.3) is 0 Å². The van der Waals surface area contributed by atoms with Gasteiger partial charge in [-0.3, -0.25) is 4.98 Å². The van der Waals surface area contributed by atoms with E-state index in [9.17, 15) is 18.0 Å². The summed E-state index contributed by atoms with van der Waals surface area (Å²) in [6.45, 7) is 0. The summed E-state index contributed by atoms with van der Waals surface area (Å²) < 4.78 is 47.4. The highest BCUT2D eigenvalue weighted by molar-refractivity contribution is 5.86. The largest absolute Gasteiger partial charge is 0.464 e. The fourth-order valence-corrected chi connectivity index (χ4v) is 1.46. The van der Waals surface area contributed by atoms with Crippen LogP contribution in [0.5, 0.6) is 11.6 Å². The highest BCUT2D eigenvalue weighted by Crippen LogP contribution is 2.32. The molecule has 0 atom stereocenters. The van der Waals surface area contributed by atoms with Gasteiger partial charge in [0.15, 0.2) is 5.69 Å². The molecule has 1 aromatic carbocycles. The molecular formula is C13H9F3N2O3. The zero-order chi connectivity index (χ0) is 15.5. The van der Waals surface area contributed by atoms with E-state index in [-0.39, 0.29) is 17.3 Å². The molecule has 110 valence electrons. The smallest absolute Gasteiger partial charge is 0.416 e. The van der Waals surface area contributed by atoms with Gasteiger partial charge in [0.2, 0.25) is 5.88 Å². The Balaban J connectivity index is 2.24.